The Hall–Kier alpha value is -0.980. The van der Waals surface area contributed by atoms with Crippen molar-refractivity contribution in [3.8, 4) is 0 Å². The van der Waals surface area contributed by atoms with E-state index in [4.69, 9.17) is 4.42 Å². The lowest BCUT2D eigenvalue weighted by Crippen LogP contribution is -1.68. The fraction of sp³-hybridized carbons (Fsp3) is 0.400. The minimum Gasteiger partial charge on any atom is -0.462 e. The largest absolute Gasteiger partial charge is 0.462 e. The smallest absolute Gasteiger partial charge is 0.126 e. The van der Waals surface area contributed by atoms with Gasteiger partial charge in [-0.2, -0.15) is 0 Å². The molecule has 0 saturated carbocycles. The molecule has 0 saturated heterocycles. The third-order valence-electron chi connectivity index (χ3n) is 1.23. The Morgan fingerprint density at radius 3 is 2.36 bits per heavy atom. The third-order valence-corrected chi connectivity index (χ3v) is 1.23. The maximum Gasteiger partial charge on any atom is 0.126 e. The first-order chi connectivity index (χ1) is 5.36. The summed E-state index contributed by atoms with van der Waals surface area (Å²) < 4.78 is 5.26. The fourth-order valence-electron chi connectivity index (χ4n) is 0.694. The summed E-state index contributed by atoms with van der Waals surface area (Å²) in [5, 5.41) is 0. The van der Waals surface area contributed by atoms with Crippen molar-refractivity contribution in [3.63, 3.8) is 0 Å². The van der Waals surface area contributed by atoms with Crippen LogP contribution >= 0.6 is 0 Å². The zero-order chi connectivity index (χ0) is 8.69. The molecular formula is C10H16O. The van der Waals surface area contributed by atoms with Crippen LogP contribution in [0.4, 0.5) is 0 Å². The quantitative estimate of drug-likeness (QED) is 0.632. The van der Waals surface area contributed by atoms with E-state index >= 15 is 0 Å². The molecule has 0 aliphatic carbocycles. The van der Waals surface area contributed by atoms with E-state index in [1.54, 1.807) is 6.08 Å². The zero-order valence-corrected chi connectivity index (χ0v) is 7.55. The lowest BCUT2D eigenvalue weighted by molar-refractivity contribution is 0.508. The first kappa shape index (κ1) is 10.0. The molecule has 0 atom stereocenters. The highest BCUT2D eigenvalue weighted by molar-refractivity contribution is 5.39. The molecule has 0 spiro atoms. The van der Waals surface area contributed by atoms with Crippen LogP contribution in [0.25, 0.3) is 6.08 Å². The first-order valence-electron chi connectivity index (χ1n) is 4.08. The van der Waals surface area contributed by atoms with Gasteiger partial charge in [0.05, 0.1) is 0 Å². The molecule has 0 bridgehead atoms. The van der Waals surface area contributed by atoms with Gasteiger partial charge in [0, 0.05) is 6.42 Å². The van der Waals surface area contributed by atoms with Crippen molar-refractivity contribution < 1.29 is 4.42 Å². The van der Waals surface area contributed by atoms with Crippen LogP contribution in [0.2, 0.25) is 0 Å². The Labute approximate surface area is 68.7 Å². The lowest BCUT2D eigenvalue weighted by Gasteiger charge is -1.84. The van der Waals surface area contributed by atoms with Gasteiger partial charge in [0.1, 0.15) is 11.5 Å². The van der Waals surface area contributed by atoms with E-state index in [-0.39, 0.29) is 0 Å². The maximum absolute atomic E-state index is 5.26. The Balaban J connectivity index is 0.000000461. The molecule has 0 unspecified atom stereocenters. The van der Waals surface area contributed by atoms with Crippen LogP contribution in [-0.4, -0.2) is 0 Å². The summed E-state index contributed by atoms with van der Waals surface area (Å²) in [6, 6.07) is 3.89. The molecule has 0 aromatic carbocycles. The Morgan fingerprint density at radius 1 is 1.45 bits per heavy atom. The Morgan fingerprint density at radius 2 is 2.09 bits per heavy atom. The predicted octanol–water partition coefficient (Wildman–Crippen LogP) is 3.51. The molecule has 62 valence electrons. The van der Waals surface area contributed by atoms with Crippen LogP contribution < -0.4 is 0 Å². The van der Waals surface area contributed by atoms with E-state index in [1.165, 1.54) is 0 Å². The molecule has 1 aromatic rings. The van der Waals surface area contributed by atoms with Crippen molar-refractivity contribution in [2.75, 3.05) is 0 Å². The summed E-state index contributed by atoms with van der Waals surface area (Å²) in [5.41, 5.74) is 0. The average molecular weight is 152 g/mol. The minimum atomic E-state index is 0.854. The van der Waals surface area contributed by atoms with Crippen LogP contribution in [-0.2, 0) is 6.42 Å². The number of furan rings is 1. The lowest BCUT2D eigenvalue weighted by atomic mass is 10.3. The van der Waals surface area contributed by atoms with E-state index in [0.717, 1.165) is 17.9 Å². The highest BCUT2D eigenvalue weighted by atomic mass is 16.3. The normalized spacial score (nSPS) is 8.27. The fourth-order valence-corrected chi connectivity index (χ4v) is 0.694. The standard InChI is InChI=1S/C8H10O.C2H6/c1-3-7-5-6-8(4-2)9-7;1-2/h3,5-6H,1,4H2,2H3;1-2H3. The van der Waals surface area contributed by atoms with Crippen LogP contribution in [0.15, 0.2) is 23.1 Å². The topological polar surface area (TPSA) is 13.1 Å². The van der Waals surface area contributed by atoms with Crippen LogP contribution in [0.5, 0.6) is 0 Å². The van der Waals surface area contributed by atoms with Crippen molar-refractivity contribution in [3.05, 3.63) is 30.2 Å². The summed E-state index contributed by atoms with van der Waals surface area (Å²) in [6.45, 7) is 9.65. The number of aryl methyl sites for hydroxylation is 1. The highest BCUT2D eigenvalue weighted by Crippen LogP contribution is 2.08. The van der Waals surface area contributed by atoms with Gasteiger partial charge in [-0.05, 0) is 18.2 Å². The van der Waals surface area contributed by atoms with Gasteiger partial charge < -0.3 is 4.42 Å². The van der Waals surface area contributed by atoms with Gasteiger partial charge in [-0.3, -0.25) is 0 Å². The molecule has 1 aromatic heterocycles. The van der Waals surface area contributed by atoms with Crippen LogP contribution in [0.1, 0.15) is 32.3 Å². The molecule has 1 rings (SSSR count). The molecule has 1 heteroatoms. The third kappa shape index (κ3) is 3.08. The van der Waals surface area contributed by atoms with Crippen molar-refractivity contribution >= 4 is 6.08 Å². The molecule has 0 aliphatic rings. The number of hydrogen-bond donors (Lipinski definition) is 0. The molecular weight excluding hydrogens is 136 g/mol. The zero-order valence-electron chi connectivity index (χ0n) is 7.55. The first-order valence-corrected chi connectivity index (χ1v) is 4.08. The summed E-state index contributed by atoms with van der Waals surface area (Å²) >= 11 is 0. The van der Waals surface area contributed by atoms with Crippen molar-refractivity contribution in [1.82, 2.24) is 0 Å². The maximum atomic E-state index is 5.26. The molecule has 0 N–H and O–H groups in total. The molecule has 1 heterocycles. The SMILES string of the molecule is C=Cc1ccc(CC)o1.CC. The van der Waals surface area contributed by atoms with Gasteiger partial charge in [0.25, 0.3) is 0 Å². The van der Waals surface area contributed by atoms with Crippen LogP contribution in [0, 0.1) is 0 Å². The summed E-state index contributed by atoms with van der Waals surface area (Å²) in [6.07, 6.45) is 2.66. The number of rotatable bonds is 2. The van der Waals surface area contributed by atoms with Gasteiger partial charge in [0.15, 0.2) is 0 Å². The van der Waals surface area contributed by atoms with Gasteiger partial charge in [-0.15, -0.1) is 0 Å². The molecule has 0 aliphatic heterocycles. The molecule has 0 fully saturated rings. The summed E-state index contributed by atoms with van der Waals surface area (Å²) in [5.74, 6) is 1.87. The van der Waals surface area contributed by atoms with Crippen molar-refractivity contribution in [1.29, 1.82) is 0 Å². The summed E-state index contributed by atoms with van der Waals surface area (Å²) in [7, 11) is 0. The highest BCUT2D eigenvalue weighted by Gasteiger charge is 1.92. The molecule has 1 nitrogen and oxygen atoms in total. The molecule has 0 amide bonds. The average Bonchev–Trinajstić information content (AvgIpc) is 2.55. The van der Waals surface area contributed by atoms with Gasteiger partial charge in [-0.25, -0.2) is 0 Å². The van der Waals surface area contributed by atoms with Crippen molar-refractivity contribution in [2.45, 2.75) is 27.2 Å². The Kier molecular flexibility index (Phi) is 5.26. The van der Waals surface area contributed by atoms with Crippen LogP contribution in [0.3, 0.4) is 0 Å². The van der Waals surface area contributed by atoms with Crippen molar-refractivity contribution in [2.24, 2.45) is 0 Å². The van der Waals surface area contributed by atoms with Gasteiger partial charge in [-0.1, -0.05) is 27.4 Å². The number of hydrogen-bond acceptors (Lipinski definition) is 1. The monoisotopic (exact) mass is 152 g/mol. The second kappa shape index (κ2) is 5.78. The minimum absolute atomic E-state index is 0.854. The van der Waals surface area contributed by atoms with E-state index in [9.17, 15) is 0 Å². The van der Waals surface area contributed by atoms with E-state index in [0.29, 0.717) is 0 Å². The predicted molar refractivity (Wildman–Crippen MR) is 49.5 cm³/mol. The molecule has 11 heavy (non-hydrogen) atoms. The second-order valence-corrected chi connectivity index (χ2v) is 1.86. The van der Waals surface area contributed by atoms with Gasteiger partial charge >= 0.3 is 0 Å². The Bertz CT molecular complexity index is 198. The van der Waals surface area contributed by atoms with E-state index in [1.807, 2.05) is 26.0 Å². The van der Waals surface area contributed by atoms with E-state index in [2.05, 4.69) is 13.5 Å². The van der Waals surface area contributed by atoms with E-state index < -0.39 is 0 Å². The molecule has 0 radical (unpaired) electrons. The second-order valence-electron chi connectivity index (χ2n) is 1.86. The van der Waals surface area contributed by atoms with Gasteiger partial charge in [0.2, 0.25) is 0 Å². The summed E-state index contributed by atoms with van der Waals surface area (Å²) in [4.78, 5) is 0.